The summed E-state index contributed by atoms with van der Waals surface area (Å²) in [4.78, 5) is 36.4. The smallest absolute Gasteiger partial charge is 0.331 e. The maximum atomic E-state index is 12.1. The number of ether oxygens (including phenoxy) is 1. The normalized spacial score (nSPS) is 29.1. The molecule has 0 saturated carbocycles. The number of amides is 1. The van der Waals surface area contributed by atoms with E-state index in [0.29, 0.717) is 0 Å². The van der Waals surface area contributed by atoms with E-state index in [4.69, 9.17) is 4.74 Å². The van der Waals surface area contributed by atoms with Crippen molar-refractivity contribution in [3.05, 3.63) is 11.6 Å². The fourth-order valence-corrected chi connectivity index (χ4v) is 4.03. The number of carboxylic acids is 1. The second-order valence-electron chi connectivity index (χ2n) is 6.64. The van der Waals surface area contributed by atoms with Crippen molar-refractivity contribution in [3.8, 4) is 0 Å². The van der Waals surface area contributed by atoms with E-state index >= 15 is 0 Å². The summed E-state index contributed by atoms with van der Waals surface area (Å²) >= 11 is 1.33. The van der Waals surface area contributed by atoms with Gasteiger partial charge < -0.3 is 19.5 Å². The molecule has 2 atom stereocenters. The van der Waals surface area contributed by atoms with Gasteiger partial charge in [0.25, 0.3) is 5.91 Å². The molecule has 21 heavy (non-hydrogen) atoms. The van der Waals surface area contributed by atoms with Gasteiger partial charge in [0.15, 0.2) is 0 Å². The van der Waals surface area contributed by atoms with Crippen LogP contribution >= 0.6 is 11.8 Å². The predicted molar refractivity (Wildman–Crippen MR) is 75.0 cm³/mol. The first-order valence-electron chi connectivity index (χ1n) is 6.60. The van der Waals surface area contributed by atoms with E-state index in [-0.39, 0.29) is 5.57 Å². The van der Waals surface area contributed by atoms with Crippen LogP contribution in [-0.4, -0.2) is 44.5 Å². The lowest BCUT2D eigenvalue weighted by atomic mass is 9.95. The van der Waals surface area contributed by atoms with Crippen LogP contribution in [0.5, 0.6) is 0 Å². The lowest BCUT2D eigenvalue weighted by molar-refractivity contribution is -0.312. The summed E-state index contributed by atoms with van der Waals surface area (Å²) in [5, 5.41) is 10.8. The quantitative estimate of drug-likeness (QED) is 0.407. The minimum absolute atomic E-state index is 0.283. The van der Waals surface area contributed by atoms with Gasteiger partial charge in [0.2, 0.25) is 0 Å². The van der Waals surface area contributed by atoms with Crippen molar-refractivity contribution in [1.29, 1.82) is 0 Å². The average Bonchev–Trinajstić information content (AvgIpc) is 2.52. The Morgan fingerprint density at radius 1 is 1.38 bits per heavy atom. The van der Waals surface area contributed by atoms with E-state index in [2.05, 4.69) is 0 Å². The predicted octanol–water partition coefficient (Wildman–Crippen LogP) is 0.0667. The first-order valence-corrected chi connectivity index (χ1v) is 7.48. The van der Waals surface area contributed by atoms with Crippen molar-refractivity contribution < 1.29 is 24.2 Å². The molecule has 0 aromatic carbocycles. The Morgan fingerprint density at radius 3 is 2.43 bits per heavy atom. The molecule has 0 spiro atoms. The highest BCUT2D eigenvalue weighted by molar-refractivity contribution is 8.01. The number of hydrogen-bond acceptors (Lipinski definition) is 6. The number of rotatable bonds is 2. The van der Waals surface area contributed by atoms with Gasteiger partial charge >= 0.3 is 5.97 Å². The highest BCUT2D eigenvalue weighted by Gasteiger charge is 2.59. The summed E-state index contributed by atoms with van der Waals surface area (Å²) in [5.74, 6) is -2.32. The van der Waals surface area contributed by atoms with Crippen molar-refractivity contribution in [1.82, 2.24) is 4.90 Å². The van der Waals surface area contributed by atoms with Crippen molar-refractivity contribution in [2.45, 2.75) is 56.4 Å². The number of carboxylic acid groups (broad SMARTS) is 1. The monoisotopic (exact) mass is 312 g/mol. The maximum Gasteiger partial charge on any atom is 0.331 e. The van der Waals surface area contributed by atoms with Crippen LogP contribution < -0.4 is 5.11 Å². The van der Waals surface area contributed by atoms with Gasteiger partial charge in [0, 0.05) is 10.8 Å². The first-order chi connectivity index (χ1) is 9.44. The summed E-state index contributed by atoms with van der Waals surface area (Å²) in [6.07, 6.45) is 1.16. The first kappa shape index (κ1) is 15.9. The molecule has 0 aliphatic carbocycles. The number of β-lactam (4-membered cyclic amide) rings is 1. The number of carbonyl (C=O) groups excluding carboxylic acids is 3. The zero-order chi connectivity index (χ0) is 16.2. The second kappa shape index (κ2) is 4.76. The molecule has 0 bridgehead atoms. The highest BCUT2D eigenvalue weighted by atomic mass is 32.2. The fraction of sp³-hybridized carbons (Fsp3) is 0.643. The third kappa shape index (κ3) is 2.79. The van der Waals surface area contributed by atoms with Gasteiger partial charge in [-0.1, -0.05) is 0 Å². The average molecular weight is 312 g/mol. The number of nitrogens with zero attached hydrogens (tertiary/aromatic N) is 1. The largest absolute Gasteiger partial charge is 0.548 e. The number of hydrogen-bond donors (Lipinski definition) is 0. The third-order valence-electron chi connectivity index (χ3n) is 3.26. The molecular weight excluding hydrogens is 294 g/mol. The minimum atomic E-state index is -1.28. The van der Waals surface area contributed by atoms with Crippen LogP contribution in [0.15, 0.2) is 11.6 Å². The van der Waals surface area contributed by atoms with Crippen LogP contribution in [0.4, 0.5) is 0 Å². The van der Waals surface area contributed by atoms with E-state index in [0.717, 1.165) is 6.08 Å². The number of aliphatic carboxylic acids is 1. The summed E-state index contributed by atoms with van der Waals surface area (Å²) < 4.78 is 4.48. The second-order valence-corrected chi connectivity index (χ2v) is 8.38. The molecule has 6 nitrogen and oxygen atoms in total. The van der Waals surface area contributed by atoms with Gasteiger partial charge in [-0.3, -0.25) is 4.79 Å². The number of esters is 1. The Kier molecular flexibility index (Phi) is 3.60. The molecule has 0 aromatic heterocycles. The Labute approximate surface area is 127 Å². The molecule has 2 saturated heterocycles. The number of thioether (sulfide) groups is 1. The van der Waals surface area contributed by atoms with Crippen LogP contribution in [0.2, 0.25) is 0 Å². The molecule has 2 aliphatic heterocycles. The highest BCUT2D eigenvalue weighted by Crippen LogP contribution is 2.52. The third-order valence-corrected chi connectivity index (χ3v) is 4.79. The van der Waals surface area contributed by atoms with Gasteiger partial charge in [-0.2, -0.15) is 0 Å². The van der Waals surface area contributed by atoms with Crippen molar-refractivity contribution in [2.75, 3.05) is 0 Å². The van der Waals surface area contributed by atoms with E-state index < -0.39 is 39.6 Å². The summed E-state index contributed by atoms with van der Waals surface area (Å²) in [7, 11) is 0. The zero-order valence-corrected chi connectivity index (χ0v) is 13.4. The summed E-state index contributed by atoms with van der Waals surface area (Å²) in [5.41, 5.74) is -0.359. The SMILES string of the molecule is CC(C)(C)OC(=O)/C=C1/C(=O)N2[C@@H]1SC(C)(C)[C@@H]2C(=O)[O-]. The lowest BCUT2D eigenvalue weighted by Crippen LogP contribution is -2.61. The number of fused-ring (bicyclic) bond motifs is 1. The fourth-order valence-electron chi connectivity index (χ4n) is 2.49. The zero-order valence-electron chi connectivity index (χ0n) is 12.6. The molecule has 2 fully saturated rings. The molecule has 2 aliphatic rings. The van der Waals surface area contributed by atoms with Gasteiger partial charge in [0.1, 0.15) is 11.0 Å². The Bertz CT molecular complexity index is 546. The van der Waals surface area contributed by atoms with E-state index in [9.17, 15) is 19.5 Å². The van der Waals surface area contributed by atoms with Gasteiger partial charge in [-0.25, -0.2) is 4.79 Å². The maximum absolute atomic E-state index is 12.1. The van der Waals surface area contributed by atoms with E-state index in [1.807, 2.05) is 0 Å². The van der Waals surface area contributed by atoms with Crippen molar-refractivity contribution in [3.63, 3.8) is 0 Å². The molecule has 0 N–H and O–H groups in total. The van der Waals surface area contributed by atoms with Crippen molar-refractivity contribution >= 4 is 29.6 Å². The van der Waals surface area contributed by atoms with Gasteiger partial charge in [-0.05, 0) is 34.6 Å². The van der Waals surface area contributed by atoms with Crippen LogP contribution in [0.1, 0.15) is 34.6 Å². The molecule has 2 rings (SSSR count). The molecule has 7 heteroatoms. The van der Waals surface area contributed by atoms with Gasteiger partial charge in [0.05, 0.1) is 17.6 Å². The minimum Gasteiger partial charge on any atom is -0.548 e. The van der Waals surface area contributed by atoms with Crippen LogP contribution in [0, 0.1) is 0 Å². The summed E-state index contributed by atoms with van der Waals surface area (Å²) in [6, 6.07) is -0.990. The Balaban J connectivity index is 2.20. The van der Waals surface area contributed by atoms with Crippen LogP contribution in [-0.2, 0) is 19.1 Å². The van der Waals surface area contributed by atoms with E-state index in [1.165, 1.54) is 16.7 Å². The molecule has 0 radical (unpaired) electrons. The molecule has 0 aromatic rings. The van der Waals surface area contributed by atoms with Gasteiger partial charge in [-0.15, -0.1) is 11.8 Å². The Hall–Kier alpha value is -1.50. The summed E-state index contributed by atoms with van der Waals surface area (Å²) in [6.45, 7) is 8.69. The molecule has 1 amide bonds. The van der Waals surface area contributed by atoms with Crippen LogP contribution in [0.25, 0.3) is 0 Å². The molecule has 2 heterocycles. The molecule has 116 valence electrons. The van der Waals surface area contributed by atoms with Crippen molar-refractivity contribution in [2.24, 2.45) is 0 Å². The molecular formula is C14H18NO5S-. The Morgan fingerprint density at radius 2 is 1.95 bits per heavy atom. The number of carbonyl (C=O) groups is 3. The van der Waals surface area contributed by atoms with Crippen LogP contribution in [0.3, 0.4) is 0 Å². The standard InChI is InChI=1S/C14H19NO5S/c1-13(2,3)20-8(16)6-7-10(17)15-9(12(18)19)14(4,5)21-11(7)15/h6,9,11H,1-5H3,(H,18,19)/p-1/b7-6-/t9-,11+/m0/s1. The molecule has 0 unspecified atom stereocenters. The lowest BCUT2D eigenvalue weighted by Gasteiger charge is -2.41. The topological polar surface area (TPSA) is 86.7 Å². The van der Waals surface area contributed by atoms with E-state index in [1.54, 1.807) is 34.6 Å².